The quantitative estimate of drug-likeness (QED) is 0.181. The first-order valence-corrected chi connectivity index (χ1v) is 17.0. The van der Waals surface area contributed by atoms with Crippen molar-refractivity contribution >= 4 is 65.0 Å². The number of aromatic nitrogens is 3. The van der Waals surface area contributed by atoms with Crippen LogP contribution >= 0.6 is 11.3 Å². The maximum absolute atomic E-state index is 5.32. The molecule has 10 rings (SSSR count). The Morgan fingerprint density at radius 3 is 1.98 bits per heavy atom. The molecule has 0 N–H and O–H groups in total. The molecular weight excluding hydrogens is 603 g/mol. The van der Waals surface area contributed by atoms with Gasteiger partial charge in [0.05, 0.1) is 32.5 Å². The van der Waals surface area contributed by atoms with Crippen LogP contribution in [0.4, 0.5) is 0 Å². The minimum absolute atomic E-state index is 1.00. The van der Waals surface area contributed by atoms with Crippen LogP contribution in [0, 0.1) is 0 Å². The molecule has 0 saturated carbocycles. The number of rotatable bonds is 4. The summed E-state index contributed by atoms with van der Waals surface area (Å²) in [4.78, 5) is 10.2. The third kappa shape index (κ3) is 4.20. The van der Waals surface area contributed by atoms with E-state index in [1.165, 1.54) is 48.4 Å². The molecule has 0 fully saturated rings. The molecule has 7 aromatic carbocycles. The zero-order valence-electron chi connectivity index (χ0n) is 25.8. The fraction of sp³-hybridized carbons (Fsp3) is 0. The Morgan fingerprint density at radius 2 is 1.12 bits per heavy atom. The van der Waals surface area contributed by atoms with Crippen molar-refractivity contribution in [3.8, 4) is 38.6 Å². The number of hydrogen-bond acceptors (Lipinski definition) is 3. The minimum atomic E-state index is 1.00. The topological polar surface area (TPSA) is 30.7 Å². The second-order valence-electron chi connectivity index (χ2n) is 12.2. The zero-order valence-corrected chi connectivity index (χ0v) is 26.7. The number of fused-ring (bicyclic) bond motifs is 8. The van der Waals surface area contributed by atoms with Gasteiger partial charge in [0.25, 0.3) is 0 Å². The molecule has 0 saturated heterocycles. The summed E-state index contributed by atoms with van der Waals surface area (Å²) >= 11 is 1.74. The molecule has 0 bridgehead atoms. The number of nitrogens with zero attached hydrogens (tertiary/aromatic N) is 3. The van der Waals surface area contributed by atoms with E-state index >= 15 is 0 Å². The van der Waals surface area contributed by atoms with Crippen LogP contribution in [-0.2, 0) is 0 Å². The van der Waals surface area contributed by atoms with Gasteiger partial charge in [0, 0.05) is 38.4 Å². The van der Waals surface area contributed by atoms with E-state index in [1.807, 2.05) is 6.07 Å². The molecule has 0 unspecified atom stereocenters. The molecule has 0 spiro atoms. The van der Waals surface area contributed by atoms with E-state index in [0.717, 1.165) is 43.9 Å². The lowest BCUT2D eigenvalue weighted by molar-refractivity contribution is 1.19. The van der Waals surface area contributed by atoms with Gasteiger partial charge in [0.2, 0.25) is 0 Å². The smallest absolute Gasteiger partial charge is 0.124 e. The molecule has 0 atom stereocenters. The van der Waals surface area contributed by atoms with Gasteiger partial charge >= 0.3 is 0 Å². The highest BCUT2D eigenvalue weighted by Gasteiger charge is 2.20. The van der Waals surface area contributed by atoms with Gasteiger partial charge in [0.1, 0.15) is 5.01 Å². The maximum Gasteiger partial charge on any atom is 0.124 e. The molecular formula is C44H27N3S. The van der Waals surface area contributed by atoms with Gasteiger partial charge in [-0.15, -0.1) is 11.3 Å². The number of para-hydroxylation sites is 3. The van der Waals surface area contributed by atoms with E-state index in [-0.39, 0.29) is 0 Å². The highest BCUT2D eigenvalue weighted by Crippen LogP contribution is 2.42. The summed E-state index contributed by atoms with van der Waals surface area (Å²) in [7, 11) is 0. The number of thiazole rings is 1. The van der Waals surface area contributed by atoms with Gasteiger partial charge in [-0.25, -0.2) is 9.97 Å². The number of hydrogen-bond donors (Lipinski definition) is 0. The summed E-state index contributed by atoms with van der Waals surface area (Å²) in [6, 6.07) is 58.4. The lowest BCUT2D eigenvalue weighted by Crippen LogP contribution is -1.97. The average Bonchev–Trinajstić information content (AvgIpc) is 3.75. The van der Waals surface area contributed by atoms with Crippen LogP contribution in [0.1, 0.15) is 0 Å². The van der Waals surface area contributed by atoms with Crippen molar-refractivity contribution in [3.05, 3.63) is 164 Å². The van der Waals surface area contributed by atoms with E-state index in [2.05, 4.69) is 162 Å². The van der Waals surface area contributed by atoms with Gasteiger partial charge in [-0.3, -0.25) is 0 Å². The van der Waals surface area contributed by atoms with Crippen molar-refractivity contribution < 1.29 is 0 Å². The highest BCUT2D eigenvalue weighted by atomic mass is 32.1. The third-order valence-electron chi connectivity index (χ3n) is 9.41. The fourth-order valence-electron chi connectivity index (χ4n) is 7.20. The Labute approximate surface area is 281 Å². The van der Waals surface area contributed by atoms with Gasteiger partial charge in [0.15, 0.2) is 0 Å². The van der Waals surface area contributed by atoms with Gasteiger partial charge in [-0.2, -0.15) is 0 Å². The molecule has 3 nitrogen and oxygen atoms in total. The zero-order chi connectivity index (χ0) is 31.6. The van der Waals surface area contributed by atoms with Gasteiger partial charge in [-0.1, -0.05) is 127 Å². The summed E-state index contributed by atoms with van der Waals surface area (Å²) in [6.45, 7) is 0. The van der Waals surface area contributed by atoms with Crippen LogP contribution in [0.5, 0.6) is 0 Å². The average molecular weight is 630 g/mol. The molecule has 3 aromatic heterocycles. The Balaban J connectivity index is 1.21. The van der Waals surface area contributed by atoms with E-state index in [1.54, 1.807) is 11.3 Å². The van der Waals surface area contributed by atoms with Crippen LogP contribution in [0.15, 0.2) is 164 Å². The predicted molar refractivity (Wildman–Crippen MR) is 203 cm³/mol. The molecule has 4 heteroatoms. The first-order chi connectivity index (χ1) is 23.8. The predicted octanol–water partition coefficient (Wildman–Crippen LogP) is 12.1. The number of pyridine rings is 1. The largest absolute Gasteiger partial charge is 0.309 e. The van der Waals surface area contributed by atoms with Crippen LogP contribution in [0.25, 0.3) is 92.3 Å². The van der Waals surface area contributed by atoms with Crippen LogP contribution in [-0.4, -0.2) is 14.5 Å². The Kier molecular flexibility index (Phi) is 6.05. The van der Waals surface area contributed by atoms with Crippen molar-refractivity contribution in [2.24, 2.45) is 0 Å². The Morgan fingerprint density at radius 1 is 0.438 bits per heavy atom. The minimum Gasteiger partial charge on any atom is -0.309 e. The lowest BCUT2D eigenvalue weighted by Gasteiger charge is -2.15. The van der Waals surface area contributed by atoms with Crippen LogP contribution in [0.2, 0.25) is 0 Å². The van der Waals surface area contributed by atoms with Crippen molar-refractivity contribution in [1.29, 1.82) is 0 Å². The van der Waals surface area contributed by atoms with Gasteiger partial charge in [-0.05, 0) is 52.9 Å². The van der Waals surface area contributed by atoms with E-state index in [9.17, 15) is 0 Å². The molecule has 48 heavy (non-hydrogen) atoms. The van der Waals surface area contributed by atoms with Crippen molar-refractivity contribution in [2.45, 2.75) is 0 Å². The van der Waals surface area contributed by atoms with E-state index in [4.69, 9.17) is 9.97 Å². The molecule has 0 radical (unpaired) electrons. The highest BCUT2D eigenvalue weighted by molar-refractivity contribution is 7.21. The standard InChI is InChI=1S/C44H27N3S/c1-2-11-29(12-3-1)42-41-35(33-15-4-6-17-37(33)45-42)25-26-36-34-16-5-8-19-39(34)47(43(36)41)32-14-10-13-31(27-32)28-21-23-30(24-22-28)44-46-38-18-7-9-20-40(38)48-44/h1-27H. The van der Waals surface area contributed by atoms with Crippen molar-refractivity contribution in [3.63, 3.8) is 0 Å². The summed E-state index contributed by atoms with van der Waals surface area (Å²) in [5.74, 6) is 0. The Hall–Kier alpha value is -6.10. The van der Waals surface area contributed by atoms with Crippen molar-refractivity contribution in [2.75, 3.05) is 0 Å². The fourth-order valence-corrected chi connectivity index (χ4v) is 8.17. The summed E-state index contributed by atoms with van der Waals surface area (Å²) in [5, 5.41) is 7.03. The third-order valence-corrected chi connectivity index (χ3v) is 10.5. The summed E-state index contributed by atoms with van der Waals surface area (Å²) in [5.41, 5.74) is 11.1. The monoisotopic (exact) mass is 629 g/mol. The van der Waals surface area contributed by atoms with E-state index < -0.39 is 0 Å². The first kappa shape index (κ1) is 27.1. The molecule has 0 aliphatic heterocycles. The normalized spacial score (nSPS) is 11.8. The first-order valence-electron chi connectivity index (χ1n) is 16.2. The molecule has 3 heterocycles. The Bertz CT molecular complexity index is 2790. The maximum atomic E-state index is 5.32. The second-order valence-corrected chi connectivity index (χ2v) is 13.2. The SMILES string of the molecule is c1ccc(-c2nc3ccccc3c3ccc4c5ccccc5n(-c5cccc(-c6ccc(-c7nc8ccccc8s7)cc6)c5)c4c23)cc1. The molecule has 224 valence electrons. The van der Waals surface area contributed by atoms with Crippen molar-refractivity contribution in [1.82, 2.24) is 14.5 Å². The van der Waals surface area contributed by atoms with E-state index in [0.29, 0.717) is 0 Å². The van der Waals surface area contributed by atoms with Gasteiger partial charge < -0.3 is 4.57 Å². The summed E-state index contributed by atoms with van der Waals surface area (Å²) < 4.78 is 3.65. The van der Waals surface area contributed by atoms with Crippen LogP contribution < -0.4 is 0 Å². The molecule has 0 amide bonds. The lowest BCUT2D eigenvalue weighted by atomic mass is 9.97. The summed E-state index contributed by atoms with van der Waals surface area (Å²) in [6.07, 6.45) is 0. The molecule has 0 aliphatic rings. The van der Waals surface area contributed by atoms with Crippen LogP contribution in [0.3, 0.4) is 0 Å². The molecule has 0 aliphatic carbocycles. The second kappa shape index (κ2) is 10.7. The molecule has 10 aromatic rings. The number of benzene rings is 7.